The lowest BCUT2D eigenvalue weighted by Gasteiger charge is -2.14. The van der Waals surface area contributed by atoms with Crippen molar-refractivity contribution in [3.8, 4) is 0 Å². The molecule has 4 heteroatoms. The van der Waals surface area contributed by atoms with Gasteiger partial charge in [0.15, 0.2) is 0 Å². The zero-order valence-electron chi connectivity index (χ0n) is 11.6. The van der Waals surface area contributed by atoms with Crippen LogP contribution in [-0.4, -0.2) is 32.4 Å². The molecular weight excluding hydrogens is 262 g/mol. The van der Waals surface area contributed by atoms with Crippen molar-refractivity contribution < 1.29 is 9.47 Å². The third-order valence-corrected chi connectivity index (χ3v) is 3.45. The summed E-state index contributed by atoms with van der Waals surface area (Å²) in [7, 11) is 2.01. The van der Waals surface area contributed by atoms with Crippen LogP contribution >= 0.6 is 12.4 Å². The number of rotatable bonds is 9. The van der Waals surface area contributed by atoms with Gasteiger partial charge in [0.1, 0.15) is 0 Å². The summed E-state index contributed by atoms with van der Waals surface area (Å²) < 4.78 is 11.3. The van der Waals surface area contributed by atoms with E-state index in [0.29, 0.717) is 12.1 Å². The first-order chi connectivity index (χ1) is 8.85. The van der Waals surface area contributed by atoms with E-state index in [0.717, 1.165) is 26.2 Å². The molecule has 0 unspecified atom stereocenters. The van der Waals surface area contributed by atoms with Gasteiger partial charge in [-0.1, -0.05) is 30.3 Å². The maximum atomic E-state index is 5.66. The Kier molecular flexibility index (Phi) is 7.39. The Hall–Kier alpha value is -0.610. The second-order valence-electron chi connectivity index (χ2n) is 4.97. The van der Waals surface area contributed by atoms with E-state index in [-0.39, 0.29) is 12.4 Å². The van der Waals surface area contributed by atoms with Crippen molar-refractivity contribution >= 4 is 12.4 Å². The van der Waals surface area contributed by atoms with Gasteiger partial charge in [0.05, 0.1) is 13.2 Å². The maximum absolute atomic E-state index is 5.66. The lowest BCUT2D eigenvalue weighted by Crippen LogP contribution is -2.32. The highest BCUT2D eigenvalue weighted by atomic mass is 35.5. The van der Waals surface area contributed by atoms with Crippen molar-refractivity contribution in [3.63, 3.8) is 0 Å². The van der Waals surface area contributed by atoms with Crippen molar-refractivity contribution in [1.29, 1.82) is 0 Å². The van der Waals surface area contributed by atoms with Gasteiger partial charge in [-0.15, -0.1) is 12.4 Å². The van der Waals surface area contributed by atoms with E-state index in [1.165, 1.54) is 18.4 Å². The molecule has 1 aromatic rings. The van der Waals surface area contributed by atoms with Crippen LogP contribution in [0.2, 0.25) is 0 Å². The standard InChI is InChI=1S/C15H23NO2.ClH/c1-16-15(8-9-15)13-18-11-5-10-17-12-14-6-3-2-4-7-14;/h2-4,6-7,16H,5,8-13H2,1H3;1H. The lowest BCUT2D eigenvalue weighted by atomic mass is 10.2. The van der Waals surface area contributed by atoms with Gasteiger partial charge in [-0.2, -0.15) is 0 Å². The van der Waals surface area contributed by atoms with Crippen LogP contribution in [0.25, 0.3) is 0 Å². The number of hydrogen-bond acceptors (Lipinski definition) is 3. The van der Waals surface area contributed by atoms with Crippen LogP contribution in [0.15, 0.2) is 30.3 Å². The minimum absolute atomic E-state index is 0. The number of ether oxygens (including phenoxy) is 2. The Balaban J connectivity index is 0.00000180. The van der Waals surface area contributed by atoms with Gasteiger partial charge < -0.3 is 14.8 Å². The van der Waals surface area contributed by atoms with Gasteiger partial charge in [-0.25, -0.2) is 0 Å². The monoisotopic (exact) mass is 285 g/mol. The second kappa shape index (κ2) is 8.54. The molecule has 0 aliphatic heterocycles. The molecule has 3 nitrogen and oxygen atoms in total. The quantitative estimate of drug-likeness (QED) is 0.708. The predicted molar refractivity (Wildman–Crippen MR) is 79.8 cm³/mol. The summed E-state index contributed by atoms with van der Waals surface area (Å²) in [5.41, 5.74) is 1.52. The number of nitrogens with one attached hydrogen (secondary N) is 1. The van der Waals surface area contributed by atoms with Crippen LogP contribution in [0.5, 0.6) is 0 Å². The summed E-state index contributed by atoms with van der Waals surface area (Å²) >= 11 is 0. The largest absolute Gasteiger partial charge is 0.379 e. The van der Waals surface area contributed by atoms with Gasteiger partial charge in [-0.3, -0.25) is 0 Å². The average Bonchev–Trinajstić information content (AvgIpc) is 3.19. The third-order valence-electron chi connectivity index (χ3n) is 3.45. The molecule has 1 aliphatic carbocycles. The van der Waals surface area contributed by atoms with Crippen LogP contribution in [-0.2, 0) is 16.1 Å². The molecule has 2 rings (SSSR count). The van der Waals surface area contributed by atoms with E-state index < -0.39 is 0 Å². The Morgan fingerprint density at radius 3 is 2.42 bits per heavy atom. The first kappa shape index (κ1) is 16.4. The molecule has 1 N–H and O–H groups in total. The molecule has 0 radical (unpaired) electrons. The molecule has 0 atom stereocenters. The van der Waals surface area contributed by atoms with Gasteiger partial charge in [0.25, 0.3) is 0 Å². The molecule has 0 heterocycles. The molecule has 108 valence electrons. The fourth-order valence-electron chi connectivity index (χ4n) is 1.91. The first-order valence-corrected chi connectivity index (χ1v) is 6.73. The van der Waals surface area contributed by atoms with Gasteiger partial charge in [-0.05, 0) is 31.9 Å². The summed E-state index contributed by atoms with van der Waals surface area (Å²) in [4.78, 5) is 0. The van der Waals surface area contributed by atoms with Crippen LogP contribution in [0.4, 0.5) is 0 Å². The van der Waals surface area contributed by atoms with Crippen molar-refractivity contribution in [3.05, 3.63) is 35.9 Å². The van der Waals surface area contributed by atoms with Gasteiger partial charge >= 0.3 is 0 Å². The molecule has 0 aromatic heterocycles. The van der Waals surface area contributed by atoms with Crippen molar-refractivity contribution in [2.24, 2.45) is 0 Å². The van der Waals surface area contributed by atoms with Crippen molar-refractivity contribution in [1.82, 2.24) is 5.32 Å². The predicted octanol–water partition coefficient (Wildman–Crippen LogP) is 2.78. The summed E-state index contributed by atoms with van der Waals surface area (Å²) in [6.07, 6.45) is 3.45. The van der Waals surface area contributed by atoms with E-state index >= 15 is 0 Å². The molecule has 0 saturated heterocycles. The topological polar surface area (TPSA) is 30.5 Å². The molecular formula is C15H24ClNO2. The molecule has 1 aliphatic rings. The lowest BCUT2D eigenvalue weighted by molar-refractivity contribution is 0.0647. The maximum Gasteiger partial charge on any atom is 0.0716 e. The summed E-state index contributed by atoms with van der Waals surface area (Å²) in [6, 6.07) is 10.3. The van der Waals surface area contributed by atoms with Crippen molar-refractivity contribution in [2.75, 3.05) is 26.9 Å². The van der Waals surface area contributed by atoms with Gasteiger partial charge in [0, 0.05) is 18.8 Å². The Labute approximate surface area is 122 Å². The minimum atomic E-state index is 0. The minimum Gasteiger partial charge on any atom is -0.379 e. The molecule has 19 heavy (non-hydrogen) atoms. The number of halogens is 1. The summed E-state index contributed by atoms with van der Waals surface area (Å²) in [5.74, 6) is 0. The zero-order valence-corrected chi connectivity index (χ0v) is 12.4. The van der Waals surface area contributed by atoms with Crippen LogP contribution in [0.1, 0.15) is 24.8 Å². The average molecular weight is 286 g/mol. The molecule has 1 fully saturated rings. The first-order valence-electron chi connectivity index (χ1n) is 6.73. The Morgan fingerprint density at radius 2 is 1.79 bits per heavy atom. The van der Waals surface area contributed by atoms with E-state index in [2.05, 4.69) is 17.4 Å². The van der Waals surface area contributed by atoms with Crippen LogP contribution in [0, 0.1) is 0 Å². The van der Waals surface area contributed by atoms with E-state index in [1.54, 1.807) is 0 Å². The fraction of sp³-hybridized carbons (Fsp3) is 0.600. The van der Waals surface area contributed by atoms with Crippen molar-refractivity contribution in [2.45, 2.75) is 31.4 Å². The Bertz CT molecular complexity index is 341. The molecule has 0 amide bonds. The van der Waals surface area contributed by atoms with E-state index in [9.17, 15) is 0 Å². The van der Waals surface area contributed by atoms with Gasteiger partial charge in [0.2, 0.25) is 0 Å². The number of benzene rings is 1. The molecule has 0 spiro atoms. The summed E-state index contributed by atoms with van der Waals surface area (Å²) in [5, 5.41) is 3.32. The van der Waals surface area contributed by atoms with Crippen LogP contribution < -0.4 is 5.32 Å². The highest BCUT2D eigenvalue weighted by Gasteiger charge is 2.40. The van der Waals surface area contributed by atoms with E-state index in [1.807, 2.05) is 25.2 Å². The zero-order chi connectivity index (χ0) is 12.7. The van der Waals surface area contributed by atoms with E-state index in [4.69, 9.17) is 9.47 Å². The molecule has 0 bridgehead atoms. The molecule has 1 aromatic carbocycles. The number of hydrogen-bond donors (Lipinski definition) is 1. The molecule has 1 saturated carbocycles. The smallest absolute Gasteiger partial charge is 0.0716 e. The fourth-order valence-corrected chi connectivity index (χ4v) is 1.91. The summed E-state index contributed by atoms with van der Waals surface area (Å²) in [6.45, 7) is 3.09. The third kappa shape index (κ3) is 5.91. The number of likely N-dealkylation sites (N-methyl/N-ethyl adjacent to an activating group) is 1. The SMILES string of the molecule is CNC1(COCCCOCc2ccccc2)CC1.Cl. The second-order valence-corrected chi connectivity index (χ2v) is 4.97. The highest BCUT2D eigenvalue weighted by molar-refractivity contribution is 5.85. The highest BCUT2D eigenvalue weighted by Crippen LogP contribution is 2.34. The normalized spacial score (nSPS) is 15.8. The van der Waals surface area contributed by atoms with Crippen LogP contribution in [0.3, 0.4) is 0 Å². The Morgan fingerprint density at radius 1 is 1.11 bits per heavy atom.